The predicted octanol–water partition coefficient (Wildman–Crippen LogP) is 5.09. The SMILES string of the molecule is O=C(O)COCC1CCC(COC(=O)Nc2ccccc2-c2cccc(F)c2F)CC1. The lowest BCUT2D eigenvalue weighted by Crippen LogP contribution is -2.25. The first-order valence-electron chi connectivity index (χ1n) is 10.2. The number of aliphatic carboxylic acids is 1. The maximum Gasteiger partial charge on any atom is 0.411 e. The molecule has 31 heavy (non-hydrogen) atoms. The van der Waals surface area contributed by atoms with Crippen LogP contribution in [0.4, 0.5) is 19.3 Å². The highest BCUT2D eigenvalue weighted by Gasteiger charge is 2.23. The van der Waals surface area contributed by atoms with Crippen LogP contribution in [0.2, 0.25) is 0 Å². The number of amides is 1. The van der Waals surface area contributed by atoms with Crippen LogP contribution in [-0.4, -0.2) is 37.0 Å². The molecule has 1 aliphatic rings. The van der Waals surface area contributed by atoms with E-state index in [4.69, 9.17) is 14.6 Å². The van der Waals surface area contributed by atoms with Crippen molar-refractivity contribution in [3.63, 3.8) is 0 Å². The highest BCUT2D eigenvalue weighted by atomic mass is 19.2. The minimum absolute atomic E-state index is 0.0549. The minimum atomic E-state index is -0.978. The second kappa shape index (κ2) is 10.9. The molecule has 6 nitrogen and oxygen atoms in total. The molecule has 0 aromatic heterocycles. The quantitative estimate of drug-likeness (QED) is 0.606. The Labute approximate surface area is 179 Å². The lowest BCUT2D eigenvalue weighted by Gasteiger charge is -2.27. The summed E-state index contributed by atoms with van der Waals surface area (Å²) in [5.74, 6) is -2.38. The van der Waals surface area contributed by atoms with Gasteiger partial charge >= 0.3 is 12.1 Å². The van der Waals surface area contributed by atoms with E-state index in [-0.39, 0.29) is 24.7 Å². The van der Waals surface area contributed by atoms with Gasteiger partial charge in [0, 0.05) is 11.1 Å². The Morgan fingerprint density at radius 3 is 2.29 bits per heavy atom. The lowest BCUT2D eigenvalue weighted by atomic mass is 9.83. The molecule has 0 atom stereocenters. The predicted molar refractivity (Wildman–Crippen MR) is 111 cm³/mol. The van der Waals surface area contributed by atoms with Crippen LogP contribution in [-0.2, 0) is 14.3 Å². The van der Waals surface area contributed by atoms with E-state index in [2.05, 4.69) is 5.32 Å². The molecule has 3 rings (SSSR count). The molecular weight excluding hydrogens is 408 g/mol. The maximum atomic E-state index is 14.2. The molecule has 1 amide bonds. The average Bonchev–Trinajstić information content (AvgIpc) is 2.75. The van der Waals surface area contributed by atoms with Gasteiger partial charge in [-0.1, -0.05) is 30.3 Å². The van der Waals surface area contributed by atoms with Crippen LogP contribution in [0.5, 0.6) is 0 Å². The number of carbonyl (C=O) groups excluding carboxylic acids is 1. The number of hydrogen-bond acceptors (Lipinski definition) is 4. The molecule has 0 spiro atoms. The van der Waals surface area contributed by atoms with Gasteiger partial charge in [-0.25, -0.2) is 18.4 Å². The monoisotopic (exact) mass is 433 g/mol. The maximum absolute atomic E-state index is 14.2. The highest BCUT2D eigenvalue weighted by molar-refractivity contribution is 5.91. The molecule has 0 bridgehead atoms. The third-order valence-electron chi connectivity index (χ3n) is 5.40. The first-order chi connectivity index (χ1) is 14.9. The lowest BCUT2D eigenvalue weighted by molar-refractivity contribution is -0.142. The van der Waals surface area contributed by atoms with E-state index in [0.717, 1.165) is 31.7 Å². The van der Waals surface area contributed by atoms with Crippen molar-refractivity contribution >= 4 is 17.7 Å². The zero-order chi connectivity index (χ0) is 22.2. The zero-order valence-corrected chi connectivity index (χ0v) is 17.0. The average molecular weight is 433 g/mol. The van der Waals surface area contributed by atoms with Crippen LogP contribution >= 0.6 is 0 Å². The number of carboxylic acids is 1. The van der Waals surface area contributed by atoms with E-state index in [1.807, 2.05) is 0 Å². The Balaban J connectivity index is 1.49. The van der Waals surface area contributed by atoms with Gasteiger partial charge in [-0.15, -0.1) is 0 Å². The number of rotatable bonds is 8. The fourth-order valence-corrected chi connectivity index (χ4v) is 3.76. The van der Waals surface area contributed by atoms with E-state index in [1.165, 1.54) is 12.1 Å². The summed E-state index contributed by atoms with van der Waals surface area (Å²) in [4.78, 5) is 22.8. The van der Waals surface area contributed by atoms with Gasteiger partial charge in [-0.2, -0.15) is 0 Å². The van der Waals surface area contributed by atoms with Crippen molar-refractivity contribution in [1.29, 1.82) is 0 Å². The van der Waals surface area contributed by atoms with Crippen molar-refractivity contribution in [1.82, 2.24) is 0 Å². The first-order valence-corrected chi connectivity index (χ1v) is 10.2. The fraction of sp³-hybridized carbons (Fsp3) is 0.391. The molecule has 1 aliphatic carbocycles. The summed E-state index contributed by atoms with van der Waals surface area (Å²) in [7, 11) is 0. The normalized spacial score (nSPS) is 18.4. The van der Waals surface area contributed by atoms with Gasteiger partial charge in [0.05, 0.1) is 18.9 Å². The van der Waals surface area contributed by atoms with Gasteiger partial charge < -0.3 is 14.6 Å². The number of ether oxygens (including phenoxy) is 2. The van der Waals surface area contributed by atoms with Gasteiger partial charge in [-0.3, -0.25) is 5.32 Å². The number of anilines is 1. The second-order valence-corrected chi connectivity index (χ2v) is 7.67. The molecule has 0 radical (unpaired) electrons. The summed E-state index contributed by atoms with van der Waals surface area (Å²) in [6.45, 7) is 0.392. The Bertz CT molecular complexity index is 913. The Morgan fingerprint density at radius 1 is 0.935 bits per heavy atom. The molecule has 0 saturated heterocycles. The van der Waals surface area contributed by atoms with Crippen molar-refractivity contribution in [2.75, 3.05) is 25.1 Å². The summed E-state index contributed by atoms with van der Waals surface area (Å²) < 4.78 is 38.3. The van der Waals surface area contributed by atoms with E-state index < -0.39 is 23.7 Å². The van der Waals surface area contributed by atoms with Crippen LogP contribution in [0.25, 0.3) is 11.1 Å². The molecular formula is C23H25F2NO5. The van der Waals surface area contributed by atoms with E-state index in [9.17, 15) is 18.4 Å². The van der Waals surface area contributed by atoms with E-state index in [1.54, 1.807) is 24.3 Å². The fourth-order valence-electron chi connectivity index (χ4n) is 3.76. The number of nitrogens with one attached hydrogen (secondary N) is 1. The topological polar surface area (TPSA) is 84.9 Å². The van der Waals surface area contributed by atoms with E-state index >= 15 is 0 Å². The minimum Gasteiger partial charge on any atom is -0.480 e. The highest BCUT2D eigenvalue weighted by Crippen LogP contribution is 2.32. The van der Waals surface area contributed by atoms with Crippen LogP contribution in [0, 0.1) is 23.5 Å². The molecule has 0 heterocycles. The van der Waals surface area contributed by atoms with Crippen molar-refractivity contribution < 1.29 is 33.0 Å². The number of halogens is 2. The van der Waals surface area contributed by atoms with Gasteiger partial charge in [-0.05, 0) is 49.7 Å². The Hall–Kier alpha value is -3.00. The van der Waals surface area contributed by atoms with Crippen molar-refractivity contribution in [3.8, 4) is 11.1 Å². The van der Waals surface area contributed by atoms with Crippen molar-refractivity contribution in [3.05, 3.63) is 54.1 Å². The number of para-hydroxylation sites is 1. The van der Waals surface area contributed by atoms with Crippen LogP contribution in [0.15, 0.2) is 42.5 Å². The van der Waals surface area contributed by atoms with Crippen LogP contribution < -0.4 is 5.32 Å². The smallest absolute Gasteiger partial charge is 0.411 e. The third-order valence-corrected chi connectivity index (χ3v) is 5.40. The summed E-state index contributed by atoms with van der Waals surface area (Å²) in [5.41, 5.74) is 0.744. The second-order valence-electron chi connectivity index (χ2n) is 7.67. The molecule has 2 N–H and O–H groups in total. The zero-order valence-electron chi connectivity index (χ0n) is 17.0. The summed E-state index contributed by atoms with van der Waals surface area (Å²) in [6.07, 6.45) is 2.84. The number of hydrogen-bond donors (Lipinski definition) is 2. The Kier molecular flexibility index (Phi) is 7.94. The molecule has 0 aliphatic heterocycles. The molecule has 166 valence electrons. The van der Waals surface area contributed by atoms with Crippen molar-refractivity contribution in [2.45, 2.75) is 25.7 Å². The van der Waals surface area contributed by atoms with Crippen LogP contribution in [0.1, 0.15) is 25.7 Å². The molecule has 2 aromatic carbocycles. The molecule has 8 heteroatoms. The van der Waals surface area contributed by atoms with E-state index in [0.29, 0.717) is 23.8 Å². The van der Waals surface area contributed by atoms with Gasteiger partial charge in [0.1, 0.15) is 6.61 Å². The summed E-state index contributed by atoms with van der Waals surface area (Å²) in [6, 6.07) is 10.5. The summed E-state index contributed by atoms with van der Waals surface area (Å²) >= 11 is 0. The molecule has 1 saturated carbocycles. The number of carbonyl (C=O) groups is 2. The third kappa shape index (κ3) is 6.49. The largest absolute Gasteiger partial charge is 0.480 e. The molecule has 1 fully saturated rings. The molecule has 2 aromatic rings. The van der Waals surface area contributed by atoms with Crippen LogP contribution in [0.3, 0.4) is 0 Å². The molecule has 0 unspecified atom stereocenters. The Morgan fingerprint density at radius 2 is 1.58 bits per heavy atom. The van der Waals surface area contributed by atoms with Gasteiger partial charge in [0.15, 0.2) is 11.6 Å². The van der Waals surface area contributed by atoms with Gasteiger partial charge in [0.25, 0.3) is 0 Å². The summed E-state index contributed by atoms with van der Waals surface area (Å²) in [5, 5.41) is 11.2. The number of carboxylic acid groups (broad SMARTS) is 1. The first kappa shape index (κ1) is 22.7. The van der Waals surface area contributed by atoms with Gasteiger partial charge in [0.2, 0.25) is 0 Å². The number of benzene rings is 2. The van der Waals surface area contributed by atoms with Crippen molar-refractivity contribution in [2.24, 2.45) is 11.8 Å². The standard InChI is InChI=1S/C23H25F2NO5/c24-19-6-3-5-18(22(19)25)17-4-1-2-7-20(17)26-23(29)31-13-16-10-8-15(9-11-16)12-30-14-21(27)28/h1-7,15-16H,8-14H2,(H,26,29)(H,27,28).